The molecular weight excluding hydrogens is 749 g/mol. The highest BCUT2D eigenvalue weighted by Crippen LogP contribution is 2.43. The van der Waals surface area contributed by atoms with Crippen LogP contribution < -0.4 is 5.73 Å². The standard InChI is InChI=1S/C44H74NO11P/c1-3-5-7-8-9-10-11-12-13-14-18-21-24-27-30-34-42(47)53-36-40(37-54-57(51,52)55-38-41(45)44(49)50)56-43(48)35-31-28-25-22-19-16-15-17-20-23-26-29-33-39(46)32-6-4-2/h9-10,12-13,15-16,20,22-23,25,29,33,39-41,46H,3-8,11,14,17-19,21,24,26-28,30-32,34-38,45H2,1-2H3,(H,49,50)(H,51,52)/b10-9-,13-12-,16-15-,23-20-,25-22-,33-29-/t39-,40-,41+/m1/s1. The van der Waals surface area contributed by atoms with Gasteiger partial charge in [-0.1, -0.05) is 132 Å². The van der Waals surface area contributed by atoms with Gasteiger partial charge in [0.05, 0.1) is 19.3 Å². The molecule has 5 N–H and O–H groups in total. The molecule has 57 heavy (non-hydrogen) atoms. The molecule has 0 aromatic carbocycles. The van der Waals surface area contributed by atoms with E-state index in [1.807, 2.05) is 24.3 Å². The normalized spacial score (nSPS) is 15.0. The summed E-state index contributed by atoms with van der Waals surface area (Å²) in [6, 6.07) is -1.54. The van der Waals surface area contributed by atoms with Crippen LogP contribution in [0.25, 0.3) is 0 Å². The van der Waals surface area contributed by atoms with Gasteiger partial charge < -0.3 is 30.3 Å². The zero-order chi connectivity index (χ0) is 42.2. The third-order valence-electron chi connectivity index (χ3n) is 8.50. The lowest BCUT2D eigenvalue weighted by Gasteiger charge is -2.20. The summed E-state index contributed by atoms with van der Waals surface area (Å²) in [5.41, 5.74) is 5.32. The van der Waals surface area contributed by atoms with Gasteiger partial charge in [-0.2, -0.15) is 0 Å². The maximum absolute atomic E-state index is 12.6. The molecule has 0 aromatic rings. The van der Waals surface area contributed by atoms with Gasteiger partial charge in [0.1, 0.15) is 12.6 Å². The van der Waals surface area contributed by atoms with E-state index < -0.39 is 51.1 Å². The van der Waals surface area contributed by atoms with Crippen LogP contribution in [0.5, 0.6) is 0 Å². The molecule has 4 atom stereocenters. The Morgan fingerprint density at radius 3 is 1.70 bits per heavy atom. The van der Waals surface area contributed by atoms with Crippen molar-refractivity contribution < 1.29 is 52.6 Å². The first-order chi connectivity index (χ1) is 27.5. The van der Waals surface area contributed by atoms with Gasteiger partial charge in [-0.3, -0.25) is 23.4 Å². The molecule has 0 aliphatic rings. The number of rotatable bonds is 38. The van der Waals surface area contributed by atoms with Crippen molar-refractivity contribution in [3.63, 3.8) is 0 Å². The first-order valence-corrected chi connectivity index (χ1v) is 22.5. The predicted molar refractivity (Wildman–Crippen MR) is 227 cm³/mol. The molecule has 0 bridgehead atoms. The van der Waals surface area contributed by atoms with Crippen LogP contribution in [0.2, 0.25) is 0 Å². The van der Waals surface area contributed by atoms with E-state index in [1.54, 1.807) is 0 Å². The second-order valence-corrected chi connectivity index (χ2v) is 15.4. The molecule has 0 aromatic heterocycles. The number of aliphatic carboxylic acids is 1. The summed E-state index contributed by atoms with van der Waals surface area (Å²) in [6.45, 7) is 2.52. The Kier molecular flexibility index (Phi) is 36.3. The number of phosphoric ester groups is 1. The fourth-order valence-corrected chi connectivity index (χ4v) is 5.88. The van der Waals surface area contributed by atoms with Crippen LogP contribution in [0.1, 0.15) is 149 Å². The number of nitrogens with two attached hydrogens (primary N) is 1. The number of allylic oxidation sites excluding steroid dienone is 11. The van der Waals surface area contributed by atoms with Gasteiger partial charge in [-0.05, 0) is 77.0 Å². The average molecular weight is 824 g/mol. The zero-order valence-electron chi connectivity index (χ0n) is 34.8. The monoisotopic (exact) mass is 823 g/mol. The van der Waals surface area contributed by atoms with Crippen LogP contribution in [-0.2, 0) is 37.5 Å². The van der Waals surface area contributed by atoms with Crippen LogP contribution in [0, 0.1) is 0 Å². The SMILES string of the molecule is CCCCC/C=C\C/C=C\CCCCCCCC(=O)OC[C@H](COP(=O)(O)OC[C@H](N)C(=O)O)OC(=O)CCC/C=C\C/C=C\C/C=C\C/C=C\[C@H](O)CCCC. The maximum Gasteiger partial charge on any atom is 0.472 e. The number of carboxylic acids is 1. The Labute approximate surface area is 343 Å². The molecule has 0 saturated heterocycles. The van der Waals surface area contributed by atoms with E-state index in [0.29, 0.717) is 19.3 Å². The van der Waals surface area contributed by atoms with Gasteiger partial charge in [0.25, 0.3) is 0 Å². The first-order valence-electron chi connectivity index (χ1n) is 21.1. The van der Waals surface area contributed by atoms with Gasteiger partial charge in [-0.15, -0.1) is 0 Å². The molecule has 0 amide bonds. The van der Waals surface area contributed by atoms with E-state index in [-0.39, 0.29) is 25.6 Å². The van der Waals surface area contributed by atoms with Gasteiger partial charge >= 0.3 is 25.7 Å². The largest absolute Gasteiger partial charge is 0.480 e. The van der Waals surface area contributed by atoms with E-state index in [2.05, 4.69) is 67.0 Å². The smallest absolute Gasteiger partial charge is 0.472 e. The summed E-state index contributed by atoms with van der Waals surface area (Å²) in [5, 5.41) is 18.7. The molecule has 0 aliphatic heterocycles. The summed E-state index contributed by atoms with van der Waals surface area (Å²) in [5.74, 6) is -2.51. The van der Waals surface area contributed by atoms with Gasteiger partial charge in [-0.25, -0.2) is 4.57 Å². The van der Waals surface area contributed by atoms with E-state index in [0.717, 1.165) is 83.5 Å². The highest BCUT2D eigenvalue weighted by atomic mass is 31.2. The summed E-state index contributed by atoms with van der Waals surface area (Å²) < 4.78 is 32.6. The highest BCUT2D eigenvalue weighted by Gasteiger charge is 2.28. The number of aliphatic hydroxyl groups is 1. The molecule has 326 valence electrons. The molecular formula is C44H74NO11P. The van der Waals surface area contributed by atoms with Crippen LogP contribution in [0.3, 0.4) is 0 Å². The van der Waals surface area contributed by atoms with Crippen molar-refractivity contribution in [3.05, 3.63) is 72.9 Å². The van der Waals surface area contributed by atoms with E-state index >= 15 is 0 Å². The Morgan fingerprint density at radius 2 is 1.11 bits per heavy atom. The number of phosphoric acid groups is 1. The van der Waals surface area contributed by atoms with E-state index in [1.165, 1.54) is 19.3 Å². The Morgan fingerprint density at radius 1 is 0.614 bits per heavy atom. The summed E-state index contributed by atoms with van der Waals surface area (Å²) in [6.07, 6.45) is 41.6. The van der Waals surface area contributed by atoms with Gasteiger partial charge in [0.15, 0.2) is 6.10 Å². The number of unbranched alkanes of at least 4 members (excludes halogenated alkanes) is 10. The number of ether oxygens (including phenoxy) is 2. The molecule has 0 rings (SSSR count). The molecule has 0 fully saturated rings. The fourth-order valence-electron chi connectivity index (χ4n) is 5.10. The van der Waals surface area contributed by atoms with Crippen LogP contribution in [-0.4, -0.2) is 71.1 Å². The second-order valence-electron chi connectivity index (χ2n) is 13.9. The first kappa shape index (κ1) is 53.9. The van der Waals surface area contributed by atoms with Gasteiger partial charge in [0, 0.05) is 12.8 Å². The molecule has 0 heterocycles. The molecule has 12 nitrogen and oxygen atoms in total. The molecule has 0 aliphatic carbocycles. The van der Waals surface area contributed by atoms with Crippen molar-refractivity contribution in [3.8, 4) is 0 Å². The van der Waals surface area contributed by atoms with Crippen molar-refractivity contribution in [1.29, 1.82) is 0 Å². The highest BCUT2D eigenvalue weighted by molar-refractivity contribution is 7.47. The minimum absolute atomic E-state index is 0.0617. The molecule has 1 unspecified atom stereocenters. The number of carboxylic acid groups (broad SMARTS) is 1. The lowest BCUT2D eigenvalue weighted by molar-refractivity contribution is -0.161. The van der Waals surface area contributed by atoms with E-state index in [4.69, 9.17) is 24.8 Å². The van der Waals surface area contributed by atoms with Crippen molar-refractivity contribution in [2.75, 3.05) is 19.8 Å². The second kappa shape index (κ2) is 38.4. The zero-order valence-corrected chi connectivity index (χ0v) is 35.7. The number of carbonyl (C=O) groups excluding carboxylic acids is 2. The topological polar surface area (TPSA) is 192 Å². The lowest BCUT2D eigenvalue weighted by atomic mass is 10.1. The number of esters is 2. The summed E-state index contributed by atoms with van der Waals surface area (Å²) >= 11 is 0. The molecule has 13 heteroatoms. The number of hydrogen-bond donors (Lipinski definition) is 4. The fraction of sp³-hybridized carbons (Fsp3) is 0.659. The van der Waals surface area contributed by atoms with Crippen molar-refractivity contribution >= 4 is 25.7 Å². The van der Waals surface area contributed by atoms with Crippen LogP contribution in [0.4, 0.5) is 0 Å². The predicted octanol–water partition coefficient (Wildman–Crippen LogP) is 9.92. The average Bonchev–Trinajstić information content (AvgIpc) is 3.18. The van der Waals surface area contributed by atoms with Crippen LogP contribution >= 0.6 is 7.82 Å². The Balaban J connectivity index is 4.55. The quantitative estimate of drug-likeness (QED) is 0.0200. The summed E-state index contributed by atoms with van der Waals surface area (Å²) in [4.78, 5) is 45.9. The maximum atomic E-state index is 12.6. The van der Waals surface area contributed by atoms with Crippen molar-refractivity contribution in [1.82, 2.24) is 0 Å². The van der Waals surface area contributed by atoms with Gasteiger partial charge in [0.2, 0.25) is 0 Å². The Hall–Kier alpha value is -3.12. The lowest BCUT2D eigenvalue weighted by Crippen LogP contribution is -2.34. The summed E-state index contributed by atoms with van der Waals surface area (Å²) in [7, 11) is -4.75. The Bertz CT molecular complexity index is 1260. The number of hydrogen-bond acceptors (Lipinski definition) is 10. The molecule has 0 spiro atoms. The molecule has 0 saturated carbocycles. The van der Waals surface area contributed by atoms with Crippen molar-refractivity contribution in [2.24, 2.45) is 5.73 Å². The minimum Gasteiger partial charge on any atom is -0.480 e. The third-order valence-corrected chi connectivity index (χ3v) is 9.45. The minimum atomic E-state index is -4.75. The van der Waals surface area contributed by atoms with Crippen LogP contribution in [0.15, 0.2) is 72.9 Å². The molecule has 0 radical (unpaired) electrons. The van der Waals surface area contributed by atoms with E-state index in [9.17, 15) is 28.9 Å². The van der Waals surface area contributed by atoms with Crippen molar-refractivity contribution in [2.45, 2.75) is 167 Å². The number of carbonyl (C=O) groups is 3. The third kappa shape index (κ3) is 38.2. The number of aliphatic hydroxyl groups excluding tert-OH is 1.